The molecule has 4 nitrogen and oxygen atoms in total. The highest BCUT2D eigenvalue weighted by Crippen LogP contribution is 2.16. The number of carbonyl (C=O) groups is 1. The molecule has 1 heterocycles. The summed E-state index contributed by atoms with van der Waals surface area (Å²) in [5, 5.41) is 9.07. The molecule has 1 fully saturated rings. The minimum absolute atomic E-state index is 0.161. The van der Waals surface area contributed by atoms with E-state index in [-0.39, 0.29) is 18.6 Å². The van der Waals surface area contributed by atoms with Crippen molar-refractivity contribution in [3.8, 4) is 0 Å². The summed E-state index contributed by atoms with van der Waals surface area (Å²) in [7, 11) is 3.55. The summed E-state index contributed by atoms with van der Waals surface area (Å²) in [4.78, 5) is 15.2. The molecule has 1 aliphatic heterocycles. The monoisotopic (exact) mass is 200 g/mol. The molecule has 1 N–H and O–H groups in total. The Labute approximate surface area is 85.5 Å². The van der Waals surface area contributed by atoms with Gasteiger partial charge in [0.2, 0.25) is 5.91 Å². The van der Waals surface area contributed by atoms with Crippen molar-refractivity contribution in [2.45, 2.75) is 25.3 Å². The van der Waals surface area contributed by atoms with E-state index in [2.05, 4.69) is 4.90 Å². The van der Waals surface area contributed by atoms with Gasteiger partial charge in [-0.1, -0.05) is 0 Å². The largest absolute Gasteiger partial charge is 0.395 e. The molecule has 0 saturated carbocycles. The highest BCUT2D eigenvalue weighted by atomic mass is 16.3. The molecule has 1 unspecified atom stereocenters. The van der Waals surface area contributed by atoms with E-state index in [4.69, 9.17) is 5.11 Å². The second-order valence-electron chi connectivity index (χ2n) is 4.05. The van der Waals surface area contributed by atoms with E-state index < -0.39 is 0 Å². The highest BCUT2D eigenvalue weighted by molar-refractivity contribution is 5.75. The molecule has 0 spiro atoms. The Morgan fingerprint density at radius 1 is 1.57 bits per heavy atom. The Balaban J connectivity index is 2.27. The summed E-state index contributed by atoms with van der Waals surface area (Å²) in [6.45, 7) is 2.02. The SMILES string of the molecule is CN(C)C(=O)CCN1CCCC1CO. The Hall–Kier alpha value is -0.610. The average molecular weight is 200 g/mol. The highest BCUT2D eigenvalue weighted by Gasteiger charge is 2.23. The first-order chi connectivity index (χ1) is 6.65. The second-order valence-corrected chi connectivity index (χ2v) is 4.05. The van der Waals surface area contributed by atoms with E-state index in [1.165, 1.54) is 0 Å². The van der Waals surface area contributed by atoms with Crippen LogP contribution in [0.2, 0.25) is 0 Å². The molecule has 0 radical (unpaired) electrons. The van der Waals surface area contributed by atoms with Gasteiger partial charge in [0, 0.05) is 33.1 Å². The maximum absolute atomic E-state index is 11.3. The second kappa shape index (κ2) is 5.32. The molecule has 0 bridgehead atoms. The number of hydrogen-bond donors (Lipinski definition) is 1. The molecule has 0 aromatic heterocycles. The summed E-state index contributed by atoms with van der Waals surface area (Å²) < 4.78 is 0. The van der Waals surface area contributed by atoms with Crippen molar-refractivity contribution >= 4 is 5.91 Å². The number of carbonyl (C=O) groups excluding carboxylic acids is 1. The van der Waals surface area contributed by atoms with Gasteiger partial charge in [0.25, 0.3) is 0 Å². The van der Waals surface area contributed by atoms with Crippen molar-refractivity contribution in [2.24, 2.45) is 0 Å². The summed E-state index contributed by atoms with van der Waals surface area (Å²) >= 11 is 0. The van der Waals surface area contributed by atoms with E-state index in [1.54, 1.807) is 19.0 Å². The summed E-state index contributed by atoms with van der Waals surface area (Å²) in [6, 6.07) is 0.282. The molecular weight excluding hydrogens is 180 g/mol. The third kappa shape index (κ3) is 2.96. The van der Waals surface area contributed by atoms with Crippen LogP contribution < -0.4 is 0 Å². The number of aliphatic hydroxyl groups excluding tert-OH is 1. The summed E-state index contributed by atoms with van der Waals surface area (Å²) in [5.74, 6) is 0.161. The lowest BCUT2D eigenvalue weighted by molar-refractivity contribution is -0.129. The van der Waals surface area contributed by atoms with Crippen LogP contribution in [0.1, 0.15) is 19.3 Å². The van der Waals surface area contributed by atoms with E-state index in [0.717, 1.165) is 25.9 Å². The van der Waals surface area contributed by atoms with Gasteiger partial charge in [-0.15, -0.1) is 0 Å². The van der Waals surface area contributed by atoms with Crippen molar-refractivity contribution in [1.82, 2.24) is 9.80 Å². The predicted molar refractivity (Wildman–Crippen MR) is 55.0 cm³/mol. The third-order valence-corrected chi connectivity index (χ3v) is 2.82. The molecule has 4 heteroatoms. The number of nitrogens with zero attached hydrogens (tertiary/aromatic N) is 2. The van der Waals surface area contributed by atoms with Crippen LogP contribution in [0, 0.1) is 0 Å². The van der Waals surface area contributed by atoms with Gasteiger partial charge in [0.05, 0.1) is 6.61 Å². The third-order valence-electron chi connectivity index (χ3n) is 2.82. The maximum atomic E-state index is 11.3. The Morgan fingerprint density at radius 3 is 2.86 bits per heavy atom. The standard InChI is InChI=1S/C10H20N2O2/c1-11(2)10(14)5-7-12-6-3-4-9(12)8-13/h9,13H,3-8H2,1-2H3. The van der Waals surface area contributed by atoms with E-state index >= 15 is 0 Å². The number of likely N-dealkylation sites (tertiary alicyclic amines) is 1. The van der Waals surface area contributed by atoms with Crippen LogP contribution in [0.5, 0.6) is 0 Å². The summed E-state index contributed by atoms with van der Waals surface area (Å²) in [5.41, 5.74) is 0. The molecule has 1 amide bonds. The van der Waals surface area contributed by atoms with Gasteiger partial charge < -0.3 is 10.0 Å². The Kier molecular flexibility index (Phi) is 4.35. The van der Waals surface area contributed by atoms with Crippen LogP contribution in [-0.2, 0) is 4.79 Å². The van der Waals surface area contributed by atoms with Crippen LogP contribution in [0.25, 0.3) is 0 Å². The fourth-order valence-electron chi connectivity index (χ4n) is 1.86. The minimum Gasteiger partial charge on any atom is -0.395 e. The van der Waals surface area contributed by atoms with E-state index in [1.807, 2.05) is 0 Å². The van der Waals surface area contributed by atoms with E-state index in [9.17, 15) is 4.79 Å². The van der Waals surface area contributed by atoms with Crippen LogP contribution in [0.15, 0.2) is 0 Å². The fraction of sp³-hybridized carbons (Fsp3) is 0.900. The zero-order valence-corrected chi connectivity index (χ0v) is 9.07. The van der Waals surface area contributed by atoms with Gasteiger partial charge >= 0.3 is 0 Å². The predicted octanol–water partition coefficient (Wildman–Crippen LogP) is -0.0786. The molecular formula is C10H20N2O2. The van der Waals surface area contributed by atoms with Crippen LogP contribution >= 0.6 is 0 Å². The number of rotatable bonds is 4. The van der Waals surface area contributed by atoms with Crippen molar-refractivity contribution in [1.29, 1.82) is 0 Å². The lowest BCUT2D eigenvalue weighted by Crippen LogP contribution is -2.35. The van der Waals surface area contributed by atoms with E-state index in [0.29, 0.717) is 6.42 Å². The van der Waals surface area contributed by atoms with Crippen molar-refractivity contribution in [2.75, 3.05) is 33.8 Å². The molecule has 1 rings (SSSR count). The number of amides is 1. The lowest BCUT2D eigenvalue weighted by Gasteiger charge is -2.22. The van der Waals surface area contributed by atoms with Crippen molar-refractivity contribution in [3.05, 3.63) is 0 Å². The van der Waals surface area contributed by atoms with Crippen molar-refractivity contribution in [3.63, 3.8) is 0 Å². The first-order valence-corrected chi connectivity index (χ1v) is 5.20. The Bertz CT molecular complexity index is 195. The minimum atomic E-state index is 0.161. The van der Waals surface area contributed by atoms with Gasteiger partial charge in [-0.05, 0) is 19.4 Å². The first-order valence-electron chi connectivity index (χ1n) is 5.20. The summed E-state index contributed by atoms with van der Waals surface area (Å²) in [6.07, 6.45) is 2.76. The number of hydrogen-bond acceptors (Lipinski definition) is 3. The topological polar surface area (TPSA) is 43.8 Å². The molecule has 1 aliphatic rings. The van der Waals surface area contributed by atoms with Gasteiger partial charge in [-0.3, -0.25) is 9.69 Å². The molecule has 1 atom stereocenters. The molecule has 14 heavy (non-hydrogen) atoms. The van der Waals surface area contributed by atoms with Crippen LogP contribution in [0.3, 0.4) is 0 Å². The zero-order valence-electron chi connectivity index (χ0n) is 9.07. The Morgan fingerprint density at radius 2 is 2.29 bits per heavy atom. The van der Waals surface area contributed by atoms with Gasteiger partial charge in [-0.25, -0.2) is 0 Å². The molecule has 82 valence electrons. The van der Waals surface area contributed by atoms with Crippen LogP contribution in [-0.4, -0.2) is 60.6 Å². The lowest BCUT2D eigenvalue weighted by atomic mass is 10.2. The molecule has 0 aliphatic carbocycles. The normalized spacial score (nSPS) is 22.6. The molecule has 1 saturated heterocycles. The van der Waals surface area contributed by atoms with Gasteiger partial charge in [0.15, 0.2) is 0 Å². The number of aliphatic hydroxyl groups is 1. The zero-order chi connectivity index (χ0) is 10.6. The fourth-order valence-corrected chi connectivity index (χ4v) is 1.86. The molecule has 0 aromatic rings. The quantitative estimate of drug-likeness (QED) is 0.690. The maximum Gasteiger partial charge on any atom is 0.223 e. The smallest absolute Gasteiger partial charge is 0.223 e. The molecule has 0 aromatic carbocycles. The average Bonchev–Trinajstić information content (AvgIpc) is 2.60. The van der Waals surface area contributed by atoms with Crippen LogP contribution in [0.4, 0.5) is 0 Å². The van der Waals surface area contributed by atoms with Crippen molar-refractivity contribution < 1.29 is 9.90 Å². The van der Waals surface area contributed by atoms with Gasteiger partial charge in [0.1, 0.15) is 0 Å². The first kappa shape index (κ1) is 11.5. The van der Waals surface area contributed by atoms with Gasteiger partial charge in [-0.2, -0.15) is 0 Å².